The second kappa shape index (κ2) is 3.30. The summed E-state index contributed by atoms with van der Waals surface area (Å²) in [5.41, 5.74) is 0.293. The molecule has 0 saturated carbocycles. The van der Waals surface area contributed by atoms with E-state index in [4.69, 9.17) is 0 Å². The molecule has 0 saturated heterocycles. The summed E-state index contributed by atoms with van der Waals surface area (Å²) < 4.78 is 14.3. The first-order valence-electron chi connectivity index (χ1n) is 4.99. The molecule has 1 aliphatic carbocycles. The van der Waals surface area contributed by atoms with E-state index in [9.17, 15) is 9.18 Å². The zero-order valence-electron chi connectivity index (χ0n) is 8.72. The first-order chi connectivity index (χ1) is 7.03. The summed E-state index contributed by atoms with van der Waals surface area (Å²) >= 11 is 0. The summed E-state index contributed by atoms with van der Waals surface area (Å²) in [5.74, 6) is -0.388. The molecular formula is C13H13FO. The van der Waals surface area contributed by atoms with Crippen molar-refractivity contribution in [1.82, 2.24) is 0 Å². The maximum Gasteiger partial charge on any atom is 0.200 e. The highest BCUT2D eigenvalue weighted by atomic mass is 19.1. The molecule has 0 heterocycles. The van der Waals surface area contributed by atoms with Crippen LogP contribution in [-0.2, 0) is 6.42 Å². The van der Waals surface area contributed by atoms with Crippen molar-refractivity contribution in [2.75, 3.05) is 0 Å². The maximum absolute atomic E-state index is 14.3. The Labute approximate surface area is 88.6 Å². The van der Waals surface area contributed by atoms with E-state index < -0.39 is 5.67 Å². The van der Waals surface area contributed by atoms with Gasteiger partial charge in [0, 0.05) is 18.4 Å². The summed E-state index contributed by atoms with van der Waals surface area (Å²) in [4.78, 5) is 11.8. The van der Waals surface area contributed by atoms with Crippen LogP contribution in [0.5, 0.6) is 0 Å². The average molecular weight is 204 g/mol. The van der Waals surface area contributed by atoms with E-state index >= 15 is 0 Å². The van der Waals surface area contributed by atoms with Gasteiger partial charge in [-0.05, 0) is 12.5 Å². The minimum absolute atomic E-state index is 0.126. The van der Waals surface area contributed by atoms with Gasteiger partial charge in [0.25, 0.3) is 0 Å². The van der Waals surface area contributed by atoms with E-state index in [1.54, 1.807) is 19.1 Å². The van der Waals surface area contributed by atoms with Gasteiger partial charge in [-0.25, -0.2) is 4.39 Å². The van der Waals surface area contributed by atoms with Gasteiger partial charge in [0.1, 0.15) is 0 Å². The van der Waals surface area contributed by atoms with Gasteiger partial charge >= 0.3 is 0 Å². The first kappa shape index (κ1) is 10.1. The van der Waals surface area contributed by atoms with Gasteiger partial charge in [-0.3, -0.25) is 4.79 Å². The van der Waals surface area contributed by atoms with Gasteiger partial charge in [-0.15, -0.1) is 6.58 Å². The van der Waals surface area contributed by atoms with Crippen molar-refractivity contribution in [2.24, 2.45) is 0 Å². The van der Waals surface area contributed by atoms with E-state index in [0.717, 1.165) is 5.56 Å². The molecule has 0 unspecified atom stereocenters. The third-order valence-corrected chi connectivity index (χ3v) is 2.72. The number of ketones is 1. The lowest BCUT2D eigenvalue weighted by Gasteiger charge is -2.16. The van der Waals surface area contributed by atoms with E-state index in [1.165, 1.54) is 0 Å². The Hall–Kier alpha value is -1.44. The second-order valence-corrected chi connectivity index (χ2v) is 4.26. The van der Waals surface area contributed by atoms with E-state index in [0.29, 0.717) is 11.1 Å². The van der Waals surface area contributed by atoms with Crippen LogP contribution in [0.3, 0.4) is 0 Å². The largest absolute Gasteiger partial charge is 0.291 e. The summed E-state index contributed by atoms with van der Waals surface area (Å²) in [6.07, 6.45) is 0.315. The molecule has 1 aromatic rings. The molecule has 0 aromatic heterocycles. The Kier molecular flexibility index (Phi) is 2.22. The molecule has 2 heteroatoms. The molecule has 2 rings (SSSR count). The molecule has 1 atom stereocenters. The van der Waals surface area contributed by atoms with Crippen LogP contribution >= 0.6 is 0 Å². The Morgan fingerprint density at radius 3 is 2.80 bits per heavy atom. The Morgan fingerprint density at radius 2 is 2.20 bits per heavy atom. The lowest BCUT2D eigenvalue weighted by Crippen LogP contribution is -2.30. The van der Waals surface area contributed by atoms with Crippen LogP contribution in [-0.4, -0.2) is 11.5 Å². The summed E-state index contributed by atoms with van der Waals surface area (Å²) in [5, 5.41) is 0. The van der Waals surface area contributed by atoms with Crippen molar-refractivity contribution in [1.29, 1.82) is 0 Å². The van der Waals surface area contributed by atoms with Crippen molar-refractivity contribution in [3.8, 4) is 0 Å². The molecule has 0 amide bonds. The van der Waals surface area contributed by atoms with Crippen LogP contribution < -0.4 is 0 Å². The summed E-state index contributed by atoms with van der Waals surface area (Å²) in [7, 11) is 0. The van der Waals surface area contributed by atoms with Crippen molar-refractivity contribution in [2.45, 2.75) is 25.4 Å². The van der Waals surface area contributed by atoms with Gasteiger partial charge in [-0.2, -0.15) is 0 Å². The average Bonchev–Trinajstić information content (AvgIpc) is 2.39. The molecule has 78 valence electrons. The fraction of sp³-hybridized carbons (Fsp3) is 0.308. The number of alkyl halides is 1. The second-order valence-electron chi connectivity index (χ2n) is 4.26. The van der Waals surface area contributed by atoms with Gasteiger partial charge in [0.05, 0.1) is 0 Å². The Bertz CT molecular complexity index is 436. The standard InChI is InChI=1S/C13H13FO/c1-9(2)7-13(14)8-10-5-3-4-6-11(10)12(13)15/h3-6H,1,7-8H2,2H3/t13-/m0/s1. The fourth-order valence-corrected chi connectivity index (χ4v) is 2.14. The Balaban J connectivity index is 2.38. The maximum atomic E-state index is 14.3. The number of fused-ring (bicyclic) bond motifs is 1. The number of benzene rings is 1. The number of rotatable bonds is 2. The van der Waals surface area contributed by atoms with Crippen LogP contribution in [0.15, 0.2) is 36.4 Å². The van der Waals surface area contributed by atoms with Gasteiger partial charge in [0.15, 0.2) is 5.67 Å². The van der Waals surface area contributed by atoms with Crippen LogP contribution in [0, 0.1) is 0 Å². The lowest BCUT2D eigenvalue weighted by atomic mass is 9.94. The van der Waals surface area contributed by atoms with Crippen molar-refractivity contribution < 1.29 is 9.18 Å². The van der Waals surface area contributed by atoms with E-state index in [-0.39, 0.29) is 18.6 Å². The number of Topliss-reactive ketones (excluding diaryl/α,β-unsaturated/α-hetero) is 1. The monoisotopic (exact) mass is 204 g/mol. The quantitative estimate of drug-likeness (QED) is 0.676. The minimum atomic E-state index is -1.75. The molecule has 0 N–H and O–H groups in total. The Morgan fingerprint density at radius 1 is 1.53 bits per heavy atom. The number of allylic oxidation sites excluding steroid dienone is 1. The topological polar surface area (TPSA) is 17.1 Å². The fourth-order valence-electron chi connectivity index (χ4n) is 2.14. The predicted octanol–water partition coefficient (Wildman–Crippen LogP) is 3.10. The number of carbonyl (C=O) groups excluding carboxylic acids is 1. The number of hydrogen-bond donors (Lipinski definition) is 0. The number of halogens is 1. The van der Waals surface area contributed by atoms with Crippen molar-refractivity contribution in [3.05, 3.63) is 47.5 Å². The molecular weight excluding hydrogens is 191 g/mol. The van der Waals surface area contributed by atoms with Crippen LogP contribution in [0.25, 0.3) is 0 Å². The molecule has 0 bridgehead atoms. The lowest BCUT2D eigenvalue weighted by molar-refractivity contribution is 0.0721. The highest BCUT2D eigenvalue weighted by Gasteiger charge is 2.45. The first-order valence-corrected chi connectivity index (χ1v) is 4.99. The third kappa shape index (κ3) is 1.60. The summed E-state index contributed by atoms with van der Waals surface area (Å²) in [6.45, 7) is 5.42. The normalized spacial score (nSPS) is 24.0. The van der Waals surface area contributed by atoms with Crippen LogP contribution in [0.1, 0.15) is 29.3 Å². The summed E-state index contributed by atoms with van der Waals surface area (Å²) in [6, 6.07) is 7.10. The van der Waals surface area contributed by atoms with Gasteiger partial charge in [-0.1, -0.05) is 29.8 Å². The molecule has 15 heavy (non-hydrogen) atoms. The molecule has 0 radical (unpaired) electrons. The number of hydrogen-bond acceptors (Lipinski definition) is 1. The van der Waals surface area contributed by atoms with Crippen LogP contribution in [0.4, 0.5) is 4.39 Å². The van der Waals surface area contributed by atoms with E-state index in [2.05, 4.69) is 6.58 Å². The predicted molar refractivity (Wildman–Crippen MR) is 57.7 cm³/mol. The molecule has 0 aliphatic heterocycles. The van der Waals surface area contributed by atoms with Crippen molar-refractivity contribution in [3.63, 3.8) is 0 Å². The van der Waals surface area contributed by atoms with Gasteiger partial charge < -0.3 is 0 Å². The SMILES string of the molecule is C=C(C)C[C@]1(F)Cc2ccccc2C1=O. The van der Waals surface area contributed by atoms with Gasteiger partial charge in [0.2, 0.25) is 5.78 Å². The number of carbonyl (C=O) groups is 1. The molecule has 1 aromatic carbocycles. The van der Waals surface area contributed by atoms with Crippen LogP contribution in [0.2, 0.25) is 0 Å². The highest BCUT2D eigenvalue weighted by Crippen LogP contribution is 2.36. The van der Waals surface area contributed by atoms with Crippen molar-refractivity contribution >= 4 is 5.78 Å². The molecule has 1 aliphatic rings. The zero-order valence-corrected chi connectivity index (χ0v) is 8.72. The minimum Gasteiger partial charge on any atom is -0.291 e. The smallest absolute Gasteiger partial charge is 0.200 e. The highest BCUT2D eigenvalue weighted by molar-refractivity contribution is 6.07. The molecule has 1 nitrogen and oxygen atoms in total. The van der Waals surface area contributed by atoms with E-state index in [1.807, 2.05) is 12.1 Å². The molecule has 0 spiro atoms. The zero-order chi connectivity index (χ0) is 11.1. The third-order valence-electron chi connectivity index (χ3n) is 2.72. The molecule has 0 fully saturated rings.